The zero-order valence-electron chi connectivity index (χ0n) is 10.5. The van der Waals surface area contributed by atoms with Gasteiger partial charge in [-0.2, -0.15) is 0 Å². The van der Waals surface area contributed by atoms with Gasteiger partial charge in [-0.3, -0.25) is 0 Å². The van der Waals surface area contributed by atoms with E-state index in [0.29, 0.717) is 6.61 Å². The number of hydrogen-bond acceptors (Lipinski definition) is 1. The first kappa shape index (κ1) is 11.1. The van der Waals surface area contributed by atoms with E-state index in [1.807, 2.05) is 13.0 Å². The van der Waals surface area contributed by atoms with E-state index in [-0.39, 0.29) is 0 Å². The molecule has 16 heavy (non-hydrogen) atoms. The number of aryl methyl sites for hydroxylation is 2. The van der Waals surface area contributed by atoms with Crippen LogP contribution in [0.5, 0.6) is 5.75 Å². The Kier molecular flexibility index (Phi) is 2.90. The average molecular weight is 217 g/mol. The topological polar surface area (TPSA) is 14.2 Å². The van der Waals surface area contributed by atoms with Crippen LogP contribution in [-0.2, 0) is 13.5 Å². The molecule has 0 bridgehead atoms. The molecule has 1 heterocycles. The molecule has 2 nitrogen and oxygen atoms in total. The Morgan fingerprint density at radius 2 is 2.00 bits per heavy atom. The van der Waals surface area contributed by atoms with Crippen molar-refractivity contribution in [2.45, 2.75) is 27.2 Å². The standard InChI is InChI=1S/C14H19NO/c1-5-11-10(3)15(4)14-12(11)8-7-9-13(14)16-6-2/h7-9H,5-6H2,1-4H3. The zero-order valence-corrected chi connectivity index (χ0v) is 10.5. The number of rotatable bonds is 3. The highest BCUT2D eigenvalue weighted by Crippen LogP contribution is 2.32. The van der Waals surface area contributed by atoms with Crippen LogP contribution >= 0.6 is 0 Å². The second kappa shape index (κ2) is 4.20. The van der Waals surface area contributed by atoms with E-state index >= 15 is 0 Å². The number of para-hydroxylation sites is 1. The Balaban J connectivity index is 2.77. The summed E-state index contributed by atoms with van der Waals surface area (Å²) in [5.74, 6) is 0.991. The maximum Gasteiger partial charge on any atom is 0.143 e. The van der Waals surface area contributed by atoms with Gasteiger partial charge in [-0.25, -0.2) is 0 Å². The van der Waals surface area contributed by atoms with Crippen molar-refractivity contribution in [3.63, 3.8) is 0 Å². The summed E-state index contributed by atoms with van der Waals surface area (Å²) in [5.41, 5.74) is 3.99. The highest BCUT2D eigenvalue weighted by Gasteiger charge is 2.13. The Morgan fingerprint density at radius 3 is 2.62 bits per heavy atom. The van der Waals surface area contributed by atoms with Crippen molar-refractivity contribution >= 4 is 10.9 Å². The third-order valence-electron chi connectivity index (χ3n) is 3.25. The monoisotopic (exact) mass is 217 g/mol. The highest BCUT2D eigenvalue weighted by molar-refractivity contribution is 5.90. The van der Waals surface area contributed by atoms with E-state index in [1.54, 1.807) is 0 Å². The molecule has 0 saturated heterocycles. The van der Waals surface area contributed by atoms with E-state index in [0.717, 1.165) is 12.2 Å². The summed E-state index contributed by atoms with van der Waals surface area (Å²) in [6.45, 7) is 7.11. The van der Waals surface area contributed by atoms with Crippen molar-refractivity contribution in [2.24, 2.45) is 7.05 Å². The molecular formula is C14H19NO. The van der Waals surface area contributed by atoms with Crippen LogP contribution in [0.4, 0.5) is 0 Å². The predicted octanol–water partition coefficient (Wildman–Crippen LogP) is 3.45. The number of fused-ring (bicyclic) bond motifs is 1. The van der Waals surface area contributed by atoms with Crippen LogP contribution in [0.1, 0.15) is 25.1 Å². The summed E-state index contributed by atoms with van der Waals surface area (Å²) in [6, 6.07) is 6.31. The van der Waals surface area contributed by atoms with Crippen molar-refractivity contribution in [1.82, 2.24) is 4.57 Å². The van der Waals surface area contributed by atoms with E-state index < -0.39 is 0 Å². The summed E-state index contributed by atoms with van der Waals surface area (Å²) in [6.07, 6.45) is 1.07. The molecule has 0 aliphatic carbocycles. The summed E-state index contributed by atoms with van der Waals surface area (Å²) < 4.78 is 7.93. The average Bonchev–Trinajstić information content (AvgIpc) is 2.53. The SMILES string of the molecule is CCOc1cccc2c(CC)c(C)n(C)c12. The van der Waals surface area contributed by atoms with Gasteiger partial charge in [0.1, 0.15) is 5.75 Å². The van der Waals surface area contributed by atoms with Crippen LogP contribution in [-0.4, -0.2) is 11.2 Å². The Labute approximate surface area is 96.8 Å². The smallest absolute Gasteiger partial charge is 0.143 e. The normalized spacial score (nSPS) is 11.0. The largest absolute Gasteiger partial charge is 0.492 e. The fraction of sp³-hybridized carbons (Fsp3) is 0.429. The van der Waals surface area contributed by atoms with Crippen LogP contribution in [0.2, 0.25) is 0 Å². The van der Waals surface area contributed by atoms with Crippen molar-refractivity contribution in [3.05, 3.63) is 29.5 Å². The Bertz CT molecular complexity index is 511. The van der Waals surface area contributed by atoms with Crippen molar-refractivity contribution < 1.29 is 4.74 Å². The van der Waals surface area contributed by atoms with Gasteiger partial charge in [-0.15, -0.1) is 0 Å². The lowest BCUT2D eigenvalue weighted by Gasteiger charge is -2.07. The van der Waals surface area contributed by atoms with Crippen molar-refractivity contribution in [1.29, 1.82) is 0 Å². The first-order valence-corrected chi connectivity index (χ1v) is 5.90. The number of nitrogens with zero attached hydrogens (tertiary/aromatic N) is 1. The van der Waals surface area contributed by atoms with Gasteiger partial charge in [0.15, 0.2) is 0 Å². The van der Waals surface area contributed by atoms with Crippen LogP contribution in [0.25, 0.3) is 10.9 Å². The lowest BCUT2D eigenvalue weighted by Crippen LogP contribution is -1.96. The molecule has 0 unspecified atom stereocenters. The first-order chi connectivity index (χ1) is 7.70. The lowest BCUT2D eigenvalue weighted by atomic mass is 10.1. The van der Waals surface area contributed by atoms with Gasteiger partial charge >= 0.3 is 0 Å². The zero-order chi connectivity index (χ0) is 11.7. The molecule has 86 valence electrons. The van der Waals surface area contributed by atoms with Crippen molar-refractivity contribution in [2.75, 3.05) is 6.61 Å². The molecule has 0 amide bonds. The van der Waals surface area contributed by atoms with Crippen LogP contribution < -0.4 is 4.74 Å². The van der Waals surface area contributed by atoms with Gasteiger partial charge in [0.05, 0.1) is 12.1 Å². The molecule has 0 saturated carbocycles. The van der Waals surface area contributed by atoms with Gasteiger partial charge < -0.3 is 9.30 Å². The minimum absolute atomic E-state index is 0.713. The molecule has 1 aromatic heterocycles. The van der Waals surface area contributed by atoms with Gasteiger partial charge in [0.2, 0.25) is 0 Å². The number of aromatic nitrogens is 1. The molecule has 2 rings (SSSR count). The molecule has 0 aliphatic heterocycles. The van der Waals surface area contributed by atoms with Gasteiger partial charge in [-0.05, 0) is 31.9 Å². The third kappa shape index (κ3) is 1.49. The fourth-order valence-electron chi connectivity index (χ4n) is 2.40. The third-order valence-corrected chi connectivity index (χ3v) is 3.25. The van der Waals surface area contributed by atoms with Crippen LogP contribution in [0.3, 0.4) is 0 Å². The van der Waals surface area contributed by atoms with Crippen LogP contribution in [0.15, 0.2) is 18.2 Å². The highest BCUT2D eigenvalue weighted by atomic mass is 16.5. The number of hydrogen-bond donors (Lipinski definition) is 0. The van der Waals surface area contributed by atoms with Gasteiger partial charge in [0.25, 0.3) is 0 Å². The minimum atomic E-state index is 0.713. The van der Waals surface area contributed by atoms with E-state index in [1.165, 1.54) is 22.2 Å². The second-order valence-corrected chi connectivity index (χ2v) is 4.06. The van der Waals surface area contributed by atoms with E-state index in [4.69, 9.17) is 4.74 Å². The predicted molar refractivity (Wildman–Crippen MR) is 68.2 cm³/mol. The quantitative estimate of drug-likeness (QED) is 0.768. The summed E-state index contributed by atoms with van der Waals surface area (Å²) >= 11 is 0. The van der Waals surface area contributed by atoms with Gasteiger partial charge in [-0.1, -0.05) is 19.1 Å². The molecular weight excluding hydrogens is 198 g/mol. The van der Waals surface area contributed by atoms with Crippen LogP contribution in [0, 0.1) is 6.92 Å². The number of ether oxygens (including phenoxy) is 1. The minimum Gasteiger partial charge on any atom is -0.492 e. The van der Waals surface area contributed by atoms with Crippen molar-refractivity contribution in [3.8, 4) is 5.75 Å². The Morgan fingerprint density at radius 1 is 1.25 bits per heavy atom. The molecule has 1 aromatic carbocycles. The second-order valence-electron chi connectivity index (χ2n) is 4.06. The summed E-state index contributed by atoms with van der Waals surface area (Å²) in [4.78, 5) is 0. The summed E-state index contributed by atoms with van der Waals surface area (Å²) in [5, 5.41) is 1.33. The van der Waals surface area contributed by atoms with Gasteiger partial charge in [0, 0.05) is 18.1 Å². The fourth-order valence-corrected chi connectivity index (χ4v) is 2.40. The molecule has 0 fully saturated rings. The molecule has 0 radical (unpaired) electrons. The maximum atomic E-state index is 5.69. The molecule has 2 aromatic rings. The molecule has 0 aliphatic rings. The number of benzene rings is 1. The first-order valence-electron chi connectivity index (χ1n) is 5.90. The molecule has 0 N–H and O–H groups in total. The molecule has 2 heteroatoms. The van der Waals surface area contributed by atoms with E-state index in [9.17, 15) is 0 Å². The van der Waals surface area contributed by atoms with E-state index in [2.05, 4.69) is 37.6 Å². The molecule has 0 atom stereocenters. The summed E-state index contributed by atoms with van der Waals surface area (Å²) in [7, 11) is 2.11. The Hall–Kier alpha value is -1.44. The molecule has 0 spiro atoms. The maximum absolute atomic E-state index is 5.69. The lowest BCUT2D eigenvalue weighted by molar-refractivity contribution is 0.343.